The van der Waals surface area contributed by atoms with E-state index in [0.717, 1.165) is 16.6 Å². The van der Waals surface area contributed by atoms with E-state index in [4.69, 9.17) is 12.2 Å². The monoisotopic (exact) mass is 498 g/mol. The molecule has 0 aliphatic carbocycles. The van der Waals surface area contributed by atoms with Gasteiger partial charge < -0.3 is 21.7 Å². The van der Waals surface area contributed by atoms with Crippen molar-refractivity contribution < 1.29 is 9.59 Å². The SMILES string of the molecule is C#Cc1cccc(Nc2ncnc3cc(NC(=O)c4ccc(C(=O)Nc5ccccc5N)cc4)ccc23)c1. The molecule has 0 fully saturated rings. The molecule has 5 rings (SSSR count). The zero-order valence-electron chi connectivity index (χ0n) is 20.1. The van der Waals surface area contributed by atoms with Crippen molar-refractivity contribution in [2.75, 3.05) is 21.7 Å². The van der Waals surface area contributed by atoms with Crippen molar-refractivity contribution in [3.63, 3.8) is 0 Å². The van der Waals surface area contributed by atoms with E-state index < -0.39 is 0 Å². The fourth-order valence-electron chi connectivity index (χ4n) is 3.84. The molecule has 0 saturated carbocycles. The minimum Gasteiger partial charge on any atom is -0.397 e. The third-order valence-corrected chi connectivity index (χ3v) is 5.80. The highest BCUT2D eigenvalue weighted by molar-refractivity contribution is 6.08. The lowest BCUT2D eigenvalue weighted by molar-refractivity contribution is 0.101. The molecule has 2 amide bonds. The number of anilines is 5. The molecule has 5 N–H and O–H groups in total. The number of carbonyl (C=O) groups is 2. The number of hydrogen-bond acceptors (Lipinski definition) is 6. The van der Waals surface area contributed by atoms with Gasteiger partial charge in [0.2, 0.25) is 0 Å². The van der Waals surface area contributed by atoms with Crippen LogP contribution in [0.25, 0.3) is 10.9 Å². The van der Waals surface area contributed by atoms with E-state index in [1.165, 1.54) is 6.33 Å². The number of nitrogens with zero attached hydrogens (tertiary/aromatic N) is 2. The van der Waals surface area contributed by atoms with Crippen LogP contribution in [0, 0.1) is 12.3 Å². The van der Waals surface area contributed by atoms with Crippen LogP contribution >= 0.6 is 0 Å². The zero-order valence-corrected chi connectivity index (χ0v) is 20.1. The van der Waals surface area contributed by atoms with Gasteiger partial charge in [-0.3, -0.25) is 9.59 Å². The largest absolute Gasteiger partial charge is 0.397 e. The maximum atomic E-state index is 12.8. The third-order valence-electron chi connectivity index (χ3n) is 5.80. The van der Waals surface area contributed by atoms with E-state index in [1.807, 2.05) is 30.3 Å². The number of nitrogens with one attached hydrogen (secondary N) is 3. The molecule has 184 valence electrons. The Labute approximate surface area is 218 Å². The molecule has 0 unspecified atom stereocenters. The predicted molar refractivity (Wildman–Crippen MR) is 150 cm³/mol. The number of hydrogen-bond donors (Lipinski definition) is 4. The first kappa shape index (κ1) is 24.0. The summed E-state index contributed by atoms with van der Waals surface area (Å²) >= 11 is 0. The normalized spacial score (nSPS) is 10.4. The van der Waals surface area contributed by atoms with E-state index in [2.05, 4.69) is 31.8 Å². The number of aromatic nitrogens is 2. The summed E-state index contributed by atoms with van der Waals surface area (Å²) in [5.41, 5.74) is 10.5. The Kier molecular flexibility index (Phi) is 6.65. The van der Waals surface area contributed by atoms with Gasteiger partial charge in [-0.1, -0.05) is 24.1 Å². The van der Waals surface area contributed by atoms with Crippen molar-refractivity contribution in [2.24, 2.45) is 0 Å². The summed E-state index contributed by atoms with van der Waals surface area (Å²) in [6, 6.07) is 26.2. The predicted octanol–water partition coefficient (Wildman–Crippen LogP) is 5.44. The quantitative estimate of drug-likeness (QED) is 0.183. The molecule has 0 atom stereocenters. The average Bonchev–Trinajstić information content (AvgIpc) is 2.94. The Hall–Kier alpha value is -5.68. The van der Waals surface area contributed by atoms with E-state index in [9.17, 15) is 9.59 Å². The lowest BCUT2D eigenvalue weighted by Gasteiger charge is -2.11. The molecule has 0 aliphatic rings. The summed E-state index contributed by atoms with van der Waals surface area (Å²) in [6.45, 7) is 0. The fourth-order valence-corrected chi connectivity index (χ4v) is 3.84. The topological polar surface area (TPSA) is 122 Å². The van der Waals surface area contributed by atoms with Crippen LogP contribution in [0.3, 0.4) is 0 Å². The Bertz CT molecular complexity index is 1710. The van der Waals surface area contributed by atoms with Crippen LogP contribution in [0.4, 0.5) is 28.6 Å². The van der Waals surface area contributed by atoms with E-state index in [0.29, 0.717) is 39.5 Å². The number of fused-ring (bicyclic) bond motifs is 1. The molecule has 1 heterocycles. The first-order chi connectivity index (χ1) is 18.5. The van der Waals surface area contributed by atoms with Gasteiger partial charge in [-0.15, -0.1) is 6.42 Å². The van der Waals surface area contributed by atoms with Crippen LogP contribution < -0.4 is 21.7 Å². The Morgan fingerprint density at radius 1 is 0.763 bits per heavy atom. The Morgan fingerprint density at radius 3 is 2.24 bits per heavy atom. The first-order valence-corrected chi connectivity index (χ1v) is 11.7. The number of amides is 2. The summed E-state index contributed by atoms with van der Waals surface area (Å²) in [4.78, 5) is 34.1. The number of terminal acetylenes is 1. The van der Waals surface area contributed by atoms with Gasteiger partial charge in [0.25, 0.3) is 11.8 Å². The van der Waals surface area contributed by atoms with Crippen molar-refractivity contribution >= 4 is 51.3 Å². The molecular formula is C30H22N6O2. The van der Waals surface area contributed by atoms with E-state index in [1.54, 1.807) is 60.7 Å². The van der Waals surface area contributed by atoms with Gasteiger partial charge in [0.15, 0.2) is 0 Å². The first-order valence-electron chi connectivity index (χ1n) is 11.7. The summed E-state index contributed by atoms with van der Waals surface area (Å²) in [5.74, 6) is 2.59. The molecule has 8 heteroatoms. The molecule has 4 aromatic carbocycles. The number of para-hydroxylation sites is 2. The van der Waals surface area contributed by atoms with Crippen molar-refractivity contribution in [1.29, 1.82) is 0 Å². The number of nitrogen functional groups attached to an aromatic ring is 1. The van der Waals surface area contributed by atoms with Gasteiger partial charge in [0.05, 0.1) is 16.9 Å². The molecule has 1 aromatic heterocycles. The summed E-state index contributed by atoms with van der Waals surface area (Å²) in [6.07, 6.45) is 6.95. The molecule has 0 bridgehead atoms. The molecule has 8 nitrogen and oxygen atoms in total. The van der Waals surface area contributed by atoms with Crippen molar-refractivity contribution in [2.45, 2.75) is 0 Å². The van der Waals surface area contributed by atoms with Gasteiger partial charge in [-0.05, 0) is 72.8 Å². The van der Waals surface area contributed by atoms with Gasteiger partial charge in [0, 0.05) is 33.5 Å². The van der Waals surface area contributed by atoms with Crippen molar-refractivity contribution in [1.82, 2.24) is 9.97 Å². The molecule has 0 saturated heterocycles. The second kappa shape index (κ2) is 10.5. The highest BCUT2D eigenvalue weighted by atomic mass is 16.2. The molecule has 5 aromatic rings. The molecule has 0 radical (unpaired) electrons. The highest BCUT2D eigenvalue weighted by Gasteiger charge is 2.12. The Balaban J connectivity index is 1.28. The molecule has 38 heavy (non-hydrogen) atoms. The minimum atomic E-state index is -0.320. The third kappa shape index (κ3) is 5.27. The molecular weight excluding hydrogens is 476 g/mol. The lowest BCUT2D eigenvalue weighted by atomic mass is 10.1. The Morgan fingerprint density at radius 2 is 1.50 bits per heavy atom. The summed E-state index contributed by atoms with van der Waals surface area (Å²) < 4.78 is 0. The second-order valence-electron chi connectivity index (χ2n) is 8.38. The molecule has 0 aliphatic heterocycles. The number of carbonyl (C=O) groups excluding carboxylic acids is 2. The van der Waals surface area contributed by atoms with Gasteiger partial charge >= 0.3 is 0 Å². The van der Waals surface area contributed by atoms with Crippen LogP contribution in [-0.4, -0.2) is 21.8 Å². The highest BCUT2D eigenvalue weighted by Crippen LogP contribution is 2.26. The molecule has 0 spiro atoms. The smallest absolute Gasteiger partial charge is 0.255 e. The minimum absolute atomic E-state index is 0.317. The van der Waals surface area contributed by atoms with Crippen LogP contribution in [0.1, 0.15) is 26.3 Å². The van der Waals surface area contributed by atoms with Gasteiger partial charge in [-0.2, -0.15) is 0 Å². The summed E-state index contributed by atoms with van der Waals surface area (Å²) in [7, 11) is 0. The number of rotatable bonds is 6. The van der Waals surface area contributed by atoms with E-state index >= 15 is 0 Å². The van der Waals surface area contributed by atoms with E-state index in [-0.39, 0.29) is 11.8 Å². The number of benzene rings is 4. The summed E-state index contributed by atoms with van der Waals surface area (Å²) in [5, 5.41) is 9.69. The lowest BCUT2D eigenvalue weighted by Crippen LogP contribution is -2.15. The standard InChI is InChI=1S/C30H22N6O2/c1-2-19-6-5-7-22(16-19)34-28-24-15-14-23(17-27(24)32-18-33-28)35-29(37)20-10-12-21(13-11-20)30(38)36-26-9-4-3-8-25(26)31/h1,3-18H,31H2,(H,35,37)(H,36,38)(H,32,33,34). The zero-order chi connectivity index (χ0) is 26.5. The maximum Gasteiger partial charge on any atom is 0.255 e. The maximum absolute atomic E-state index is 12.8. The van der Waals surface area contributed by atoms with Crippen LogP contribution in [0.2, 0.25) is 0 Å². The van der Waals surface area contributed by atoms with Crippen LogP contribution in [0.15, 0.2) is 97.3 Å². The number of nitrogens with two attached hydrogens (primary N) is 1. The van der Waals surface area contributed by atoms with Gasteiger partial charge in [0.1, 0.15) is 12.1 Å². The average molecular weight is 499 g/mol. The van der Waals surface area contributed by atoms with Gasteiger partial charge in [-0.25, -0.2) is 9.97 Å². The fraction of sp³-hybridized carbons (Fsp3) is 0. The van der Waals surface area contributed by atoms with Crippen LogP contribution in [0.5, 0.6) is 0 Å². The second-order valence-corrected chi connectivity index (χ2v) is 8.38. The van der Waals surface area contributed by atoms with Crippen molar-refractivity contribution in [3.8, 4) is 12.3 Å². The van der Waals surface area contributed by atoms with Crippen LogP contribution in [-0.2, 0) is 0 Å². The van der Waals surface area contributed by atoms with Crippen molar-refractivity contribution in [3.05, 3.63) is 114 Å².